The van der Waals surface area contributed by atoms with Crippen molar-refractivity contribution >= 4 is 51.3 Å². The summed E-state index contributed by atoms with van der Waals surface area (Å²) >= 11 is 8.91. The molecule has 0 atom stereocenters. The number of halogens is 2. The first-order valence-electron chi connectivity index (χ1n) is 7.65. The quantitative estimate of drug-likeness (QED) is 0.323. The maximum Gasteiger partial charge on any atom is 0.145 e. The van der Waals surface area contributed by atoms with Gasteiger partial charge in [-0.05, 0) is 66.5 Å². The SMILES string of the molecule is CC(C)[Si](C#CCCc1cc(Br)sc1Br)(C(C)C)C(C)C. The molecule has 0 aliphatic rings. The van der Waals surface area contributed by atoms with Gasteiger partial charge in [0.25, 0.3) is 0 Å². The number of hydrogen-bond acceptors (Lipinski definition) is 1. The van der Waals surface area contributed by atoms with Gasteiger partial charge in [-0.25, -0.2) is 0 Å². The molecule has 1 aromatic rings. The lowest BCUT2D eigenvalue weighted by Crippen LogP contribution is -2.43. The van der Waals surface area contributed by atoms with E-state index in [1.807, 2.05) is 0 Å². The second kappa shape index (κ2) is 8.33. The Hall–Kier alpha value is 0.437. The molecule has 0 amide bonds. The predicted octanol–water partition coefficient (Wildman–Crippen LogP) is 7.43. The van der Waals surface area contributed by atoms with Crippen LogP contribution in [0.3, 0.4) is 0 Å². The summed E-state index contributed by atoms with van der Waals surface area (Å²) < 4.78 is 2.42. The van der Waals surface area contributed by atoms with Crippen molar-refractivity contribution < 1.29 is 0 Å². The van der Waals surface area contributed by atoms with Crippen LogP contribution in [0, 0.1) is 11.5 Å². The van der Waals surface area contributed by atoms with E-state index in [4.69, 9.17) is 0 Å². The van der Waals surface area contributed by atoms with E-state index in [0.717, 1.165) is 12.8 Å². The molecule has 0 aromatic carbocycles. The molecule has 1 rings (SSSR count). The van der Waals surface area contributed by atoms with Gasteiger partial charge in [-0.2, -0.15) is 0 Å². The minimum absolute atomic E-state index is 0.715. The third kappa shape index (κ3) is 4.70. The van der Waals surface area contributed by atoms with Gasteiger partial charge in [0.2, 0.25) is 0 Å². The van der Waals surface area contributed by atoms with Gasteiger partial charge < -0.3 is 0 Å². The largest absolute Gasteiger partial charge is 0.145 e. The van der Waals surface area contributed by atoms with Gasteiger partial charge in [-0.3, -0.25) is 0 Å². The van der Waals surface area contributed by atoms with E-state index in [9.17, 15) is 0 Å². The monoisotopic (exact) mass is 448 g/mol. The van der Waals surface area contributed by atoms with Crippen LogP contribution in [0.15, 0.2) is 13.6 Å². The Balaban J connectivity index is 2.84. The lowest BCUT2D eigenvalue weighted by Gasteiger charge is -2.38. The van der Waals surface area contributed by atoms with Crippen molar-refractivity contribution in [2.45, 2.75) is 71.0 Å². The summed E-state index contributed by atoms with van der Waals surface area (Å²) in [6, 6.07) is 2.20. The van der Waals surface area contributed by atoms with Crippen LogP contribution in [0.1, 0.15) is 53.5 Å². The molecule has 0 bridgehead atoms. The first-order valence-corrected chi connectivity index (χ1v) is 12.3. The van der Waals surface area contributed by atoms with Crippen molar-refractivity contribution in [1.29, 1.82) is 0 Å². The molecule has 1 aromatic heterocycles. The second-order valence-electron chi connectivity index (χ2n) is 6.55. The Morgan fingerprint density at radius 3 is 1.95 bits per heavy atom. The molecule has 0 saturated heterocycles. The van der Waals surface area contributed by atoms with Gasteiger partial charge in [0, 0.05) is 6.42 Å². The fourth-order valence-electron chi connectivity index (χ4n) is 3.39. The molecule has 118 valence electrons. The summed E-state index contributed by atoms with van der Waals surface area (Å²) in [6.07, 6.45) is 2.00. The zero-order valence-corrected chi connectivity index (χ0v) is 18.9. The van der Waals surface area contributed by atoms with E-state index < -0.39 is 8.07 Å². The highest BCUT2D eigenvalue weighted by Gasteiger charge is 2.41. The van der Waals surface area contributed by atoms with Crippen molar-refractivity contribution in [1.82, 2.24) is 0 Å². The highest BCUT2D eigenvalue weighted by molar-refractivity contribution is 9.12. The van der Waals surface area contributed by atoms with E-state index in [0.29, 0.717) is 16.6 Å². The fraction of sp³-hybridized carbons (Fsp3) is 0.647. The van der Waals surface area contributed by atoms with Crippen LogP contribution in [-0.2, 0) is 6.42 Å². The molecule has 21 heavy (non-hydrogen) atoms. The Bertz CT molecular complexity index is 499. The van der Waals surface area contributed by atoms with E-state index in [1.165, 1.54) is 13.1 Å². The van der Waals surface area contributed by atoms with Gasteiger partial charge in [0.1, 0.15) is 8.07 Å². The number of aryl methyl sites for hydroxylation is 1. The summed E-state index contributed by atoms with van der Waals surface area (Å²) in [7, 11) is -1.55. The molecule has 0 fully saturated rings. The highest BCUT2D eigenvalue weighted by Crippen LogP contribution is 2.40. The Morgan fingerprint density at radius 1 is 1.05 bits per heavy atom. The first kappa shape index (κ1) is 19.5. The molecular weight excluding hydrogens is 424 g/mol. The van der Waals surface area contributed by atoms with E-state index in [2.05, 4.69) is 90.9 Å². The zero-order valence-electron chi connectivity index (χ0n) is 13.9. The first-order chi connectivity index (χ1) is 9.71. The summed E-state index contributed by atoms with van der Waals surface area (Å²) in [5, 5.41) is 0. The van der Waals surface area contributed by atoms with Crippen LogP contribution >= 0.6 is 43.2 Å². The lowest BCUT2D eigenvalue weighted by atomic mass is 10.2. The third-order valence-electron chi connectivity index (χ3n) is 4.42. The van der Waals surface area contributed by atoms with Gasteiger partial charge in [-0.1, -0.05) is 41.5 Å². The molecule has 0 saturated carbocycles. The van der Waals surface area contributed by atoms with Crippen LogP contribution in [0.4, 0.5) is 0 Å². The molecule has 0 radical (unpaired) electrons. The molecule has 0 N–H and O–H groups in total. The molecule has 1 heterocycles. The number of thiophene rings is 1. The van der Waals surface area contributed by atoms with E-state index in [1.54, 1.807) is 11.3 Å². The minimum Gasteiger partial charge on any atom is -0.130 e. The molecule has 0 spiro atoms. The Morgan fingerprint density at radius 2 is 1.57 bits per heavy atom. The Kier molecular flexibility index (Phi) is 7.73. The summed E-state index contributed by atoms with van der Waals surface area (Å²) in [5.74, 6) is 3.54. The van der Waals surface area contributed by atoms with Gasteiger partial charge in [0.15, 0.2) is 0 Å². The van der Waals surface area contributed by atoms with Crippen molar-refractivity contribution in [3.05, 3.63) is 19.2 Å². The van der Waals surface area contributed by atoms with Gasteiger partial charge in [0.05, 0.1) is 7.57 Å². The Labute approximate surface area is 152 Å². The fourth-order valence-corrected chi connectivity index (χ4v) is 11.6. The number of hydrogen-bond donors (Lipinski definition) is 0. The van der Waals surface area contributed by atoms with Crippen LogP contribution in [0.25, 0.3) is 0 Å². The van der Waals surface area contributed by atoms with Gasteiger partial charge >= 0.3 is 0 Å². The molecule has 0 aliphatic carbocycles. The van der Waals surface area contributed by atoms with E-state index in [-0.39, 0.29) is 0 Å². The van der Waals surface area contributed by atoms with Crippen molar-refractivity contribution in [3.63, 3.8) is 0 Å². The lowest BCUT2D eigenvalue weighted by molar-refractivity contribution is 0.838. The molecule has 4 heteroatoms. The average Bonchev–Trinajstić information content (AvgIpc) is 2.66. The normalized spacial score (nSPS) is 12.1. The second-order valence-corrected chi connectivity index (χ2v) is 15.9. The highest BCUT2D eigenvalue weighted by atomic mass is 79.9. The van der Waals surface area contributed by atoms with Crippen molar-refractivity contribution in [3.8, 4) is 11.5 Å². The van der Waals surface area contributed by atoms with Crippen LogP contribution in [-0.4, -0.2) is 8.07 Å². The number of rotatable bonds is 5. The standard InChI is InChI=1S/C17H26Br2SSi/c1-12(2)21(13(3)4,14(5)6)10-8-7-9-15-11-16(18)20-17(15)19/h11-14H,7,9H2,1-6H3. The topological polar surface area (TPSA) is 0 Å². The van der Waals surface area contributed by atoms with Gasteiger partial charge in [-0.15, -0.1) is 22.8 Å². The maximum atomic E-state index is 3.79. The molecular formula is C17H26Br2SSi. The molecule has 0 nitrogen and oxygen atoms in total. The average molecular weight is 450 g/mol. The minimum atomic E-state index is -1.55. The predicted molar refractivity (Wildman–Crippen MR) is 107 cm³/mol. The third-order valence-corrected chi connectivity index (χ3v) is 13.2. The smallest absolute Gasteiger partial charge is 0.130 e. The summed E-state index contributed by atoms with van der Waals surface area (Å²) in [6.45, 7) is 14.2. The van der Waals surface area contributed by atoms with Crippen LogP contribution in [0.5, 0.6) is 0 Å². The molecule has 0 unspecified atom stereocenters. The van der Waals surface area contributed by atoms with Crippen molar-refractivity contribution in [2.24, 2.45) is 0 Å². The maximum absolute atomic E-state index is 3.79. The summed E-state index contributed by atoms with van der Waals surface area (Å²) in [5.41, 5.74) is 7.31. The summed E-state index contributed by atoms with van der Waals surface area (Å²) in [4.78, 5) is 0. The molecule has 0 aliphatic heterocycles. The van der Waals surface area contributed by atoms with Crippen molar-refractivity contribution in [2.75, 3.05) is 0 Å². The zero-order chi connectivity index (χ0) is 16.2. The van der Waals surface area contributed by atoms with Crippen LogP contribution in [0.2, 0.25) is 16.6 Å². The van der Waals surface area contributed by atoms with E-state index >= 15 is 0 Å². The van der Waals surface area contributed by atoms with Crippen LogP contribution < -0.4 is 0 Å².